The van der Waals surface area contributed by atoms with Gasteiger partial charge in [0.15, 0.2) is 10.2 Å². The van der Waals surface area contributed by atoms with Gasteiger partial charge in [-0.1, -0.05) is 34.3 Å². The van der Waals surface area contributed by atoms with Crippen molar-refractivity contribution in [2.45, 2.75) is 10.1 Å². The van der Waals surface area contributed by atoms with Gasteiger partial charge in [0.25, 0.3) is 5.89 Å². The number of rotatable bonds is 7. The normalized spacial score (nSPS) is 10.7. The first kappa shape index (κ1) is 13.8. The minimum Gasteiger partial charge on any atom is -0.472 e. The summed E-state index contributed by atoms with van der Waals surface area (Å²) in [5, 5.41) is 15.9. The van der Waals surface area contributed by atoms with Crippen molar-refractivity contribution in [1.29, 1.82) is 0 Å². The van der Waals surface area contributed by atoms with Crippen molar-refractivity contribution in [3.8, 4) is 11.5 Å². The molecule has 0 aliphatic carbocycles. The molecule has 3 aromatic rings. The van der Waals surface area contributed by atoms with E-state index in [4.69, 9.17) is 8.94 Å². The number of anilines is 1. The maximum absolute atomic E-state index is 5.17. The van der Waals surface area contributed by atoms with E-state index in [0.29, 0.717) is 24.0 Å². The molecule has 3 heterocycles. The van der Waals surface area contributed by atoms with Crippen molar-refractivity contribution in [2.75, 3.05) is 11.9 Å². The van der Waals surface area contributed by atoms with Gasteiger partial charge >= 0.3 is 0 Å². The Hall–Kier alpha value is -2.13. The Morgan fingerprint density at radius 2 is 2.38 bits per heavy atom. The summed E-state index contributed by atoms with van der Waals surface area (Å²) >= 11 is 2.99. The van der Waals surface area contributed by atoms with Crippen LogP contribution in [-0.4, -0.2) is 26.9 Å². The highest BCUT2D eigenvalue weighted by Gasteiger charge is 2.11. The summed E-state index contributed by atoms with van der Waals surface area (Å²) < 4.78 is 11.0. The summed E-state index contributed by atoms with van der Waals surface area (Å²) in [5.74, 6) is 1.62. The van der Waals surface area contributed by atoms with E-state index in [2.05, 4.69) is 32.2 Å². The molecule has 7 nitrogen and oxygen atoms in total. The van der Waals surface area contributed by atoms with E-state index in [1.54, 1.807) is 24.7 Å². The van der Waals surface area contributed by atoms with Crippen LogP contribution in [0.3, 0.4) is 0 Å². The van der Waals surface area contributed by atoms with Crippen molar-refractivity contribution in [3.63, 3.8) is 0 Å². The zero-order valence-electron chi connectivity index (χ0n) is 10.9. The minimum absolute atomic E-state index is 0.449. The monoisotopic (exact) mass is 321 g/mol. The predicted octanol–water partition coefficient (Wildman–Crippen LogP) is 3.07. The van der Waals surface area contributed by atoms with Crippen molar-refractivity contribution in [2.24, 2.45) is 0 Å². The number of hydrogen-bond acceptors (Lipinski definition) is 9. The lowest BCUT2D eigenvalue weighted by molar-refractivity contribution is 0.424. The molecule has 1 N–H and O–H groups in total. The average molecular weight is 321 g/mol. The summed E-state index contributed by atoms with van der Waals surface area (Å²) in [6.07, 6.45) is 4.89. The van der Waals surface area contributed by atoms with E-state index in [9.17, 15) is 0 Å². The molecule has 0 saturated carbocycles. The van der Waals surface area contributed by atoms with Gasteiger partial charge in [0, 0.05) is 6.54 Å². The molecule has 0 saturated heterocycles. The van der Waals surface area contributed by atoms with Gasteiger partial charge in [-0.15, -0.1) is 16.8 Å². The summed E-state index contributed by atoms with van der Waals surface area (Å²) in [5.41, 5.74) is 0.769. The SMILES string of the molecule is C=CCNc1nnc(SCc2noc(-c3ccoc3)n2)s1. The number of furan rings is 1. The van der Waals surface area contributed by atoms with Gasteiger partial charge in [-0.2, -0.15) is 4.98 Å². The fraction of sp³-hybridized carbons (Fsp3) is 0.167. The van der Waals surface area contributed by atoms with Gasteiger partial charge in [-0.3, -0.25) is 0 Å². The second-order valence-electron chi connectivity index (χ2n) is 3.86. The van der Waals surface area contributed by atoms with E-state index in [0.717, 1.165) is 15.0 Å². The smallest absolute Gasteiger partial charge is 0.261 e. The molecule has 0 aliphatic heterocycles. The fourth-order valence-corrected chi connectivity index (χ4v) is 3.04. The molecular weight excluding hydrogens is 310 g/mol. The zero-order valence-corrected chi connectivity index (χ0v) is 12.5. The number of aromatic nitrogens is 4. The fourth-order valence-electron chi connectivity index (χ4n) is 1.44. The Labute approximate surface area is 128 Å². The number of nitrogens with zero attached hydrogens (tertiary/aromatic N) is 4. The predicted molar refractivity (Wildman–Crippen MR) is 80.2 cm³/mol. The van der Waals surface area contributed by atoms with Crippen LogP contribution in [0.4, 0.5) is 5.13 Å². The molecule has 0 spiro atoms. The third-order valence-corrected chi connectivity index (χ3v) is 4.38. The van der Waals surface area contributed by atoms with E-state index >= 15 is 0 Å². The lowest BCUT2D eigenvalue weighted by atomic mass is 10.3. The van der Waals surface area contributed by atoms with Gasteiger partial charge in [0.05, 0.1) is 17.6 Å². The molecule has 3 rings (SSSR count). The number of hydrogen-bond donors (Lipinski definition) is 1. The third-order valence-electron chi connectivity index (χ3n) is 2.37. The molecule has 108 valence electrons. The first-order chi connectivity index (χ1) is 10.3. The molecule has 0 aliphatic rings. The molecule has 0 atom stereocenters. The van der Waals surface area contributed by atoms with Gasteiger partial charge < -0.3 is 14.3 Å². The highest BCUT2D eigenvalue weighted by molar-refractivity contribution is 8.00. The van der Waals surface area contributed by atoms with E-state index in [1.807, 2.05) is 0 Å². The Bertz CT molecular complexity index is 707. The van der Waals surface area contributed by atoms with Crippen LogP contribution in [-0.2, 0) is 5.75 Å². The molecule has 21 heavy (non-hydrogen) atoms. The molecule has 9 heteroatoms. The average Bonchev–Trinajstić information content (AvgIpc) is 3.22. The van der Waals surface area contributed by atoms with Crippen molar-refractivity contribution >= 4 is 28.2 Å². The first-order valence-electron chi connectivity index (χ1n) is 6.01. The maximum Gasteiger partial charge on any atom is 0.261 e. The topological polar surface area (TPSA) is 89.9 Å². The highest BCUT2D eigenvalue weighted by Crippen LogP contribution is 2.28. The molecule has 0 unspecified atom stereocenters. The van der Waals surface area contributed by atoms with Gasteiger partial charge in [-0.25, -0.2) is 0 Å². The van der Waals surface area contributed by atoms with Crippen molar-refractivity contribution in [3.05, 3.63) is 37.1 Å². The van der Waals surface area contributed by atoms with Crippen molar-refractivity contribution < 1.29 is 8.94 Å². The van der Waals surface area contributed by atoms with E-state index in [-0.39, 0.29) is 0 Å². The van der Waals surface area contributed by atoms with Crippen LogP contribution < -0.4 is 5.32 Å². The highest BCUT2D eigenvalue weighted by atomic mass is 32.2. The van der Waals surface area contributed by atoms with Crippen LogP contribution in [0, 0.1) is 0 Å². The minimum atomic E-state index is 0.449. The summed E-state index contributed by atoms with van der Waals surface area (Å²) in [7, 11) is 0. The van der Waals surface area contributed by atoms with Crippen LogP contribution in [0.1, 0.15) is 5.82 Å². The van der Waals surface area contributed by atoms with Gasteiger partial charge in [0.2, 0.25) is 5.13 Å². The Morgan fingerprint density at radius 3 is 3.19 bits per heavy atom. The summed E-state index contributed by atoms with van der Waals surface area (Å²) in [6.45, 7) is 4.30. The third kappa shape index (κ3) is 3.50. The second kappa shape index (κ2) is 6.55. The molecule has 0 amide bonds. The summed E-state index contributed by atoms with van der Waals surface area (Å²) in [4.78, 5) is 4.29. The maximum atomic E-state index is 5.17. The quantitative estimate of drug-likeness (QED) is 0.524. The summed E-state index contributed by atoms with van der Waals surface area (Å²) in [6, 6.07) is 1.77. The van der Waals surface area contributed by atoms with Gasteiger partial charge in [0.1, 0.15) is 6.26 Å². The largest absolute Gasteiger partial charge is 0.472 e. The Kier molecular flexibility index (Phi) is 4.31. The second-order valence-corrected chi connectivity index (χ2v) is 6.06. The van der Waals surface area contributed by atoms with Crippen molar-refractivity contribution in [1.82, 2.24) is 20.3 Å². The Morgan fingerprint density at radius 1 is 1.43 bits per heavy atom. The molecule has 0 bridgehead atoms. The first-order valence-corrected chi connectivity index (χ1v) is 7.81. The standard InChI is InChI=1S/C12H11N5O2S2/c1-2-4-13-11-15-16-12(21-11)20-7-9-14-10(19-17-9)8-3-5-18-6-8/h2-3,5-6H,1,4,7H2,(H,13,15). The van der Waals surface area contributed by atoms with E-state index in [1.165, 1.54) is 23.1 Å². The molecule has 0 fully saturated rings. The van der Waals surface area contributed by atoms with Crippen LogP contribution in [0.2, 0.25) is 0 Å². The molecule has 0 aromatic carbocycles. The zero-order chi connectivity index (χ0) is 14.5. The lowest BCUT2D eigenvalue weighted by Gasteiger charge is -1.93. The number of nitrogens with one attached hydrogen (secondary N) is 1. The number of thioether (sulfide) groups is 1. The van der Waals surface area contributed by atoms with Crippen LogP contribution in [0.5, 0.6) is 0 Å². The van der Waals surface area contributed by atoms with Crippen LogP contribution >= 0.6 is 23.1 Å². The molecule has 0 radical (unpaired) electrons. The lowest BCUT2D eigenvalue weighted by Crippen LogP contribution is -1.96. The van der Waals surface area contributed by atoms with Crippen LogP contribution in [0.15, 0.2) is 44.5 Å². The van der Waals surface area contributed by atoms with E-state index < -0.39 is 0 Å². The van der Waals surface area contributed by atoms with Crippen LogP contribution in [0.25, 0.3) is 11.5 Å². The Balaban J connectivity index is 1.57. The van der Waals surface area contributed by atoms with Gasteiger partial charge in [-0.05, 0) is 6.07 Å². The molecule has 3 aromatic heterocycles. The molecular formula is C12H11N5O2S2.